The van der Waals surface area contributed by atoms with Gasteiger partial charge in [0.15, 0.2) is 58.1 Å². The molecule has 466 valence electrons. The zero-order chi connectivity index (χ0) is 66.5. The van der Waals surface area contributed by atoms with E-state index in [-0.39, 0.29) is 0 Å². The highest BCUT2D eigenvalue weighted by Crippen LogP contribution is 2.46. The van der Waals surface area contributed by atoms with Gasteiger partial charge in [0.05, 0.1) is 34.3 Å². The van der Waals surface area contributed by atoms with Crippen molar-refractivity contribution < 1.29 is 0 Å². The maximum atomic E-state index is 8.47. The van der Waals surface area contributed by atoms with Crippen LogP contribution < -0.4 is 0 Å². The molecule has 0 saturated heterocycles. The van der Waals surface area contributed by atoms with E-state index < -0.39 is 0 Å². The second-order valence-electron chi connectivity index (χ2n) is 24.4. The second kappa shape index (κ2) is 25.0. The number of para-hydroxylation sites is 3. The van der Waals surface area contributed by atoms with Gasteiger partial charge in [-0.25, -0.2) is 49.7 Å². The van der Waals surface area contributed by atoms with Crippen LogP contribution in [0.3, 0.4) is 0 Å². The molecule has 0 unspecified atom stereocenters. The van der Waals surface area contributed by atoms with E-state index in [0.717, 1.165) is 127 Å². The first-order chi connectivity index (χ1) is 49.5. The Morgan fingerprint density at radius 1 is 0.210 bits per heavy atom. The normalized spacial score (nSPS) is 11.4. The van der Waals surface area contributed by atoms with E-state index in [0.29, 0.717) is 58.1 Å². The van der Waals surface area contributed by atoms with Gasteiger partial charge in [-0.2, -0.15) is 0 Å². The third kappa shape index (κ3) is 10.7. The van der Waals surface area contributed by atoms with Gasteiger partial charge in [-0.15, -0.1) is 0 Å². The monoisotopic (exact) mass is 1280 g/mol. The standard InChI is InChI=1S/C88H54N12/c1-89-74-41-23-20-38-66(74)62-44-49-79(100-76-43-25-22-40-68(76)72-54-64(46-51-78(72)100)87-95-82(58-30-12-4-13-31-58)91-83(96-87)59-32-14-5-15-33-59)73(52-62)70-55-65(47-48-69(70)88-97-84(60-34-16-6-17-35-60)92-85(98-88)61-36-18-7-19-37-61)99-75-42-24-21-39-67(75)71-53-63(45-50-77(71)99)86-93-80(56-26-8-2-9-27-56)90-81(94-86)57-28-10-3-11-29-57/h2-55H. The van der Waals surface area contributed by atoms with Crippen LogP contribution in [0.4, 0.5) is 5.69 Å². The van der Waals surface area contributed by atoms with Crippen molar-refractivity contribution in [3.63, 3.8) is 0 Å². The lowest BCUT2D eigenvalue weighted by molar-refractivity contribution is 1.07. The summed E-state index contributed by atoms with van der Waals surface area (Å²) in [6, 6.07) is 111. The van der Waals surface area contributed by atoms with Gasteiger partial charge in [0.1, 0.15) is 0 Å². The van der Waals surface area contributed by atoms with Crippen LogP contribution in [0, 0.1) is 6.57 Å². The predicted octanol–water partition coefficient (Wildman–Crippen LogP) is 21.3. The Bertz CT molecular complexity index is 6040. The number of fused-ring (bicyclic) bond motifs is 6. The summed E-state index contributed by atoms with van der Waals surface area (Å²) in [6.07, 6.45) is 0. The van der Waals surface area contributed by atoms with E-state index >= 15 is 0 Å². The first-order valence-electron chi connectivity index (χ1n) is 33.0. The quantitative estimate of drug-likeness (QED) is 0.104. The van der Waals surface area contributed by atoms with Gasteiger partial charge >= 0.3 is 0 Å². The van der Waals surface area contributed by atoms with Crippen LogP contribution in [0.25, 0.3) is 185 Å². The molecule has 13 aromatic carbocycles. The summed E-state index contributed by atoms with van der Waals surface area (Å²) in [4.78, 5) is 50.9. The zero-order valence-corrected chi connectivity index (χ0v) is 53.5. The van der Waals surface area contributed by atoms with Crippen molar-refractivity contribution in [1.29, 1.82) is 0 Å². The van der Waals surface area contributed by atoms with Crippen molar-refractivity contribution in [3.05, 3.63) is 339 Å². The summed E-state index contributed by atoms with van der Waals surface area (Å²) in [6.45, 7) is 8.47. The fourth-order valence-electron chi connectivity index (χ4n) is 13.6. The number of hydrogen-bond donors (Lipinski definition) is 0. The maximum absolute atomic E-state index is 8.47. The van der Waals surface area contributed by atoms with E-state index in [1.807, 2.05) is 206 Å². The van der Waals surface area contributed by atoms with Gasteiger partial charge in [-0.3, -0.25) is 0 Å². The minimum absolute atomic E-state index is 0.482. The smallest absolute Gasteiger partial charge is 0.194 e. The lowest BCUT2D eigenvalue weighted by Gasteiger charge is -2.20. The molecule has 12 nitrogen and oxygen atoms in total. The first kappa shape index (κ1) is 58.5. The highest BCUT2D eigenvalue weighted by molar-refractivity contribution is 6.12. The minimum atomic E-state index is 0.482. The minimum Gasteiger partial charge on any atom is -0.309 e. The molecule has 5 heterocycles. The molecule has 12 heteroatoms. The summed E-state index contributed by atoms with van der Waals surface area (Å²) >= 11 is 0. The molecule has 0 fully saturated rings. The van der Waals surface area contributed by atoms with Crippen LogP contribution in [-0.2, 0) is 0 Å². The second-order valence-corrected chi connectivity index (χ2v) is 24.4. The average Bonchev–Trinajstić information content (AvgIpc) is 1.73. The number of rotatable bonds is 13. The fourth-order valence-corrected chi connectivity index (χ4v) is 13.6. The predicted molar refractivity (Wildman–Crippen MR) is 401 cm³/mol. The van der Waals surface area contributed by atoms with Crippen LogP contribution in [0.5, 0.6) is 0 Å². The number of nitrogens with zero attached hydrogens (tertiary/aromatic N) is 12. The summed E-state index contributed by atoms with van der Waals surface area (Å²) in [5.74, 6) is 5.01. The molecule has 0 radical (unpaired) electrons. The van der Waals surface area contributed by atoms with Crippen molar-refractivity contribution >= 4 is 49.3 Å². The first-order valence-corrected chi connectivity index (χ1v) is 33.0. The van der Waals surface area contributed by atoms with Crippen LogP contribution in [0.2, 0.25) is 0 Å². The van der Waals surface area contributed by atoms with Gasteiger partial charge in [0.2, 0.25) is 0 Å². The number of benzene rings is 13. The number of hydrogen-bond acceptors (Lipinski definition) is 9. The lowest BCUT2D eigenvalue weighted by atomic mass is 9.92. The highest BCUT2D eigenvalue weighted by Gasteiger charge is 2.26. The lowest BCUT2D eigenvalue weighted by Crippen LogP contribution is -2.04. The van der Waals surface area contributed by atoms with Gasteiger partial charge in [0.25, 0.3) is 0 Å². The highest BCUT2D eigenvalue weighted by atomic mass is 15.1. The van der Waals surface area contributed by atoms with E-state index in [1.54, 1.807) is 0 Å². The molecule has 18 rings (SSSR count). The molecular weight excluding hydrogens is 1230 g/mol. The van der Waals surface area contributed by atoms with Crippen molar-refractivity contribution in [2.24, 2.45) is 0 Å². The summed E-state index contributed by atoms with van der Waals surface area (Å²) < 4.78 is 4.70. The average molecular weight is 1280 g/mol. The molecule has 0 atom stereocenters. The number of aromatic nitrogens is 11. The fraction of sp³-hybridized carbons (Fsp3) is 0. The van der Waals surface area contributed by atoms with Gasteiger partial charge in [-0.1, -0.05) is 249 Å². The molecular formula is C88H54N12. The maximum Gasteiger partial charge on any atom is 0.194 e. The van der Waals surface area contributed by atoms with E-state index in [2.05, 4.69) is 135 Å². The Labute approximate surface area is 575 Å². The Balaban J connectivity index is 0.891. The Hall–Kier alpha value is -14.0. The van der Waals surface area contributed by atoms with Gasteiger partial charge in [-0.05, 0) is 95.6 Å². The van der Waals surface area contributed by atoms with Crippen molar-refractivity contribution in [1.82, 2.24) is 54.0 Å². The van der Waals surface area contributed by atoms with Crippen LogP contribution >= 0.6 is 0 Å². The van der Waals surface area contributed by atoms with E-state index in [9.17, 15) is 0 Å². The van der Waals surface area contributed by atoms with E-state index in [1.165, 1.54) is 0 Å². The summed E-state index contributed by atoms with van der Waals surface area (Å²) in [5.41, 5.74) is 17.3. The van der Waals surface area contributed by atoms with Crippen molar-refractivity contribution in [2.75, 3.05) is 0 Å². The molecule has 0 amide bonds. The third-order valence-electron chi connectivity index (χ3n) is 18.3. The molecule has 0 aliphatic carbocycles. The van der Waals surface area contributed by atoms with Crippen LogP contribution in [0.1, 0.15) is 0 Å². The topological polar surface area (TPSA) is 130 Å². The Morgan fingerprint density at radius 3 is 0.980 bits per heavy atom. The Morgan fingerprint density at radius 2 is 0.550 bits per heavy atom. The molecule has 0 bridgehead atoms. The molecule has 0 saturated carbocycles. The van der Waals surface area contributed by atoms with Gasteiger partial charge < -0.3 is 9.13 Å². The SMILES string of the molecule is [C-]#[N+]c1ccccc1-c1ccc(-n2c3ccccc3c3cc(-c4nc(-c5ccccc5)nc(-c5ccccc5)n4)ccc32)c(-c2cc(-n3c4ccccc4c4cc(-c5nc(-c6ccccc6)nc(-c6ccccc6)n5)ccc43)ccc2-c2nc(-c3ccccc3)nc(-c3ccccc3)n2)c1. The molecule has 0 aliphatic heterocycles. The summed E-state index contributed by atoms with van der Waals surface area (Å²) in [5, 5.41) is 4.11. The Kier molecular flexibility index (Phi) is 14.6. The van der Waals surface area contributed by atoms with Crippen LogP contribution in [-0.4, -0.2) is 54.0 Å². The summed E-state index contributed by atoms with van der Waals surface area (Å²) in [7, 11) is 0. The molecule has 100 heavy (non-hydrogen) atoms. The third-order valence-corrected chi connectivity index (χ3v) is 18.3. The zero-order valence-electron chi connectivity index (χ0n) is 53.5. The van der Waals surface area contributed by atoms with E-state index in [4.69, 9.17) is 51.4 Å². The molecule has 0 N–H and O–H groups in total. The molecule has 18 aromatic rings. The largest absolute Gasteiger partial charge is 0.309 e. The molecule has 0 aliphatic rings. The van der Waals surface area contributed by atoms with Crippen molar-refractivity contribution in [2.45, 2.75) is 0 Å². The van der Waals surface area contributed by atoms with Crippen molar-refractivity contribution in [3.8, 4) is 136 Å². The van der Waals surface area contributed by atoms with Gasteiger partial charge in [0, 0.05) is 82.9 Å². The van der Waals surface area contributed by atoms with Crippen LogP contribution in [0.15, 0.2) is 328 Å². The molecule has 0 spiro atoms. The molecule has 5 aromatic heterocycles.